The van der Waals surface area contributed by atoms with Crippen LogP contribution < -0.4 is 15.4 Å². The SMILES string of the molecule is COc1ccc(C(=O)Nc2ccc(Nc3cccc(Cl)c3Cl)nn2)cc1. The standard InChI is InChI=1S/C18H14Cl2N4O2/c1-26-12-7-5-11(6-8-12)18(25)22-16-10-9-15(23-24-16)21-14-4-2-3-13(19)17(14)20/h2-10H,1H3,(H,21,23)(H,22,24,25). The topological polar surface area (TPSA) is 76.1 Å². The molecule has 0 saturated carbocycles. The summed E-state index contributed by atoms with van der Waals surface area (Å²) in [5, 5.41) is 14.5. The Balaban J connectivity index is 1.67. The number of benzene rings is 2. The Morgan fingerprint density at radius 3 is 2.31 bits per heavy atom. The second-order valence-corrected chi connectivity index (χ2v) is 6.00. The zero-order valence-corrected chi connectivity index (χ0v) is 15.2. The number of carbonyl (C=O) groups is 1. The third-order valence-corrected chi connectivity index (χ3v) is 4.29. The summed E-state index contributed by atoms with van der Waals surface area (Å²) in [5.41, 5.74) is 1.10. The monoisotopic (exact) mass is 388 g/mol. The van der Waals surface area contributed by atoms with Crippen LogP contribution in [-0.2, 0) is 0 Å². The molecule has 1 heterocycles. The second-order valence-electron chi connectivity index (χ2n) is 5.21. The number of nitrogens with zero attached hydrogens (tertiary/aromatic N) is 2. The number of nitrogens with one attached hydrogen (secondary N) is 2. The smallest absolute Gasteiger partial charge is 0.256 e. The fraction of sp³-hybridized carbons (Fsp3) is 0.0556. The Kier molecular flexibility index (Phi) is 5.55. The molecule has 0 spiro atoms. The van der Waals surface area contributed by atoms with Crippen molar-refractivity contribution in [3.05, 3.63) is 70.2 Å². The van der Waals surface area contributed by atoms with Crippen LogP contribution in [0.3, 0.4) is 0 Å². The maximum absolute atomic E-state index is 12.2. The lowest BCUT2D eigenvalue weighted by Gasteiger charge is -2.09. The normalized spacial score (nSPS) is 10.3. The summed E-state index contributed by atoms with van der Waals surface area (Å²) in [6.45, 7) is 0. The maximum Gasteiger partial charge on any atom is 0.256 e. The Bertz CT molecular complexity index is 915. The summed E-state index contributed by atoms with van der Waals surface area (Å²) < 4.78 is 5.07. The number of hydrogen-bond acceptors (Lipinski definition) is 5. The van der Waals surface area contributed by atoms with Crippen molar-refractivity contribution in [1.29, 1.82) is 0 Å². The second kappa shape index (κ2) is 8.03. The summed E-state index contributed by atoms with van der Waals surface area (Å²) in [6.07, 6.45) is 0. The van der Waals surface area contributed by atoms with Crippen molar-refractivity contribution in [1.82, 2.24) is 10.2 Å². The van der Waals surface area contributed by atoms with Gasteiger partial charge in [0.1, 0.15) is 5.75 Å². The van der Waals surface area contributed by atoms with Gasteiger partial charge in [0, 0.05) is 5.56 Å². The zero-order valence-electron chi connectivity index (χ0n) is 13.7. The molecule has 0 fully saturated rings. The van der Waals surface area contributed by atoms with Crippen molar-refractivity contribution in [2.75, 3.05) is 17.7 Å². The van der Waals surface area contributed by atoms with Crippen LogP contribution in [0.1, 0.15) is 10.4 Å². The number of anilines is 3. The minimum absolute atomic E-state index is 0.291. The highest BCUT2D eigenvalue weighted by Crippen LogP contribution is 2.31. The van der Waals surface area contributed by atoms with Gasteiger partial charge in [-0.05, 0) is 48.5 Å². The molecule has 2 N–H and O–H groups in total. The van der Waals surface area contributed by atoms with Gasteiger partial charge in [-0.15, -0.1) is 10.2 Å². The summed E-state index contributed by atoms with van der Waals surface area (Å²) in [5.74, 6) is 1.18. The number of methoxy groups -OCH3 is 1. The number of carbonyl (C=O) groups excluding carboxylic acids is 1. The van der Waals surface area contributed by atoms with E-state index in [0.717, 1.165) is 0 Å². The fourth-order valence-corrected chi connectivity index (χ4v) is 2.48. The molecule has 0 bridgehead atoms. The number of hydrogen-bond donors (Lipinski definition) is 2. The summed E-state index contributed by atoms with van der Waals surface area (Å²) in [7, 11) is 1.57. The van der Waals surface area contributed by atoms with E-state index in [2.05, 4.69) is 20.8 Å². The van der Waals surface area contributed by atoms with Crippen LogP contribution >= 0.6 is 23.2 Å². The van der Waals surface area contributed by atoms with E-state index in [4.69, 9.17) is 27.9 Å². The molecule has 6 nitrogen and oxygen atoms in total. The minimum Gasteiger partial charge on any atom is -0.497 e. The third-order valence-electron chi connectivity index (χ3n) is 3.47. The van der Waals surface area contributed by atoms with Crippen molar-refractivity contribution in [2.24, 2.45) is 0 Å². The molecule has 0 aliphatic carbocycles. The average Bonchev–Trinajstić information content (AvgIpc) is 2.67. The molecule has 26 heavy (non-hydrogen) atoms. The molecule has 0 radical (unpaired) electrons. The van der Waals surface area contributed by atoms with Gasteiger partial charge in [-0.1, -0.05) is 29.3 Å². The first-order valence-electron chi connectivity index (χ1n) is 7.57. The molecule has 1 aromatic heterocycles. The van der Waals surface area contributed by atoms with Gasteiger partial charge in [0.25, 0.3) is 5.91 Å². The highest BCUT2D eigenvalue weighted by atomic mass is 35.5. The molecule has 0 unspecified atom stereocenters. The molecule has 2 aromatic carbocycles. The maximum atomic E-state index is 12.2. The molecule has 132 valence electrons. The number of rotatable bonds is 5. The summed E-state index contributed by atoms with van der Waals surface area (Å²) in [4.78, 5) is 12.2. The summed E-state index contributed by atoms with van der Waals surface area (Å²) >= 11 is 12.1. The lowest BCUT2D eigenvalue weighted by molar-refractivity contribution is 0.102. The van der Waals surface area contributed by atoms with Crippen molar-refractivity contribution < 1.29 is 9.53 Å². The van der Waals surface area contributed by atoms with E-state index in [1.165, 1.54) is 0 Å². The zero-order chi connectivity index (χ0) is 18.5. The van der Waals surface area contributed by atoms with Crippen LogP contribution in [0, 0.1) is 0 Å². The van der Waals surface area contributed by atoms with Gasteiger partial charge in [0.2, 0.25) is 0 Å². The van der Waals surface area contributed by atoms with Gasteiger partial charge in [-0.25, -0.2) is 0 Å². The van der Waals surface area contributed by atoms with E-state index in [0.29, 0.717) is 38.7 Å². The Hall–Kier alpha value is -2.83. The predicted molar refractivity (Wildman–Crippen MR) is 103 cm³/mol. The van der Waals surface area contributed by atoms with E-state index in [1.54, 1.807) is 61.7 Å². The Morgan fingerprint density at radius 1 is 0.962 bits per heavy atom. The lowest BCUT2D eigenvalue weighted by Crippen LogP contribution is -2.13. The highest BCUT2D eigenvalue weighted by Gasteiger charge is 2.09. The van der Waals surface area contributed by atoms with E-state index in [9.17, 15) is 4.79 Å². The number of amides is 1. The van der Waals surface area contributed by atoms with Gasteiger partial charge < -0.3 is 15.4 Å². The van der Waals surface area contributed by atoms with Gasteiger partial charge in [0.15, 0.2) is 11.6 Å². The van der Waals surface area contributed by atoms with Crippen molar-refractivity contribution in [3.8, 4) is 5.75 Å². The van der Waals surface area contributed by atoms with Crippen LogP contribution in [-0.4, -0.2) is 23.2 Å². The molecule has 1 amide bonds. The molecule has 0 aliphatic heterocycles. The quantitative estimate of drug-likeness (QED) is 0.656. The van der Waals surface area contributed by atoms with Crippen LogP contribution in [0.4, 0.5) is 17.3 Å². The van der Waals surface area contributed by atoms with Crippen LogP contribution in [0.5, 0.6) is 5.75 Å². The fourth-order valence-electron chi connectivity index (χ4n) is 2.13. The molecule has 3 aromatic rings. The highest BCUT2D eigenvalue weighted by molar-refractivity contribution is 6.43. The average molecular weight is 389 g/mol. The Labute approximate surface area is 160 Å². The number of ether oxygens (including phenoxy) is 1. The van der Waals surface area contributed by atoms with E-state index < -0.39 is 0 Å². The molecule has 3 rings (SSSR count). The predicted octanol–water partition coefficient (Wildman–Crippen LogP) is 4.79. The van der Waals surface area contributed by atoms with E-state index in [-0.39, 0.29) is 5.91 Å². The van der Waals surface area contributed by atoms with Gasteiger partial charge in [0.05, 0.1) is 22.8 Å². The van der Waals surface area contributed by atoms with Gasteiger partial charge in [-0.3, -0.25) is 4.79 Å². The Morgan fingerprint density at radius 2 is 1.65 bits per heavy atom. The molecule has 8 heteroatoms. The molecule has 0 aliphatic rings. The third kappa shape index (κ3) is 4.22. The van der Waals surface area contributed by atoms with Crippen LogP contribution in [0.2, 0.25) is 10.0 Å². The first-order chi connectivity index (χ1) is 12.6. The van der Waals surface area contributed by atoms with E-state index >= 15 is 0 Å². The van der Waals surface area contributed by atoms with Crippen LogP contribution in [0.15, 0.2) is 54.6 Å². The number of halogens is 2. The molecular weight excluding hydrogens is 375 g/mol. The van der Waals surface area contributed by atoms with Crippen molar-refractivity contribution in [3.63, 3.8) is 0 Å². The molecule has 0 atom stereocenters. The van der Waals surface area contributed by atoms with Gasteiger partial charge in [-0.2, -0.15) is 0 Å². The van der Waals surface area contributed by atoms with Crippen molar-refractivity contribution >= 4 is 46.4 Å². The van der Waals surface area contributed by atoms with E-state index in [1.807, 2.05) is 0 Å². The first kappa shape index (κ1) is 18.0. The largest absolute Gasteiger partial charge is 0.497 e. The minimum atomic E-state index is -0.291. The van der Waals surface area contributed by atoms with Gasteiger partial charge >= 0.3 is 0 Å². The lowest BCUT2D eigenvalue weighted by atomic mass is 10.2. The van der Waals surface area contributed by atoms with Crippen molar-refractivity contribution in [2.45, 2.75) is 0 Å². The number of aromatic nitrogens is 2. The van der Waals surface area contributed by atoms with Crippen LogP contribution in [0.25, 0.3) is 0 Å². The first-order valence-corrected chi connectivity index (χ1v) is 8.32. The summed E-state index contributed by atoms with van der Waals surface area (Å²) in [6, 6.07) is 15.3. The molecule has 0 saturated heterocycles. The molecular formula is C18H14Cl2N4O2.